The molecule has 0 unspecified atom stereocenters. The van der Waals surface area contributed by atoms with Gasteiger partial charge in [0.2, 0.25) is 5.91 Å². The molecule has 1 amide bonds. The fourth-order valence-corrected chi connectivity index (χ4v) is 1.26. The minimum Gasteiger partial charge on any atom is -0.478 e. The van der Waals surface area contributed by atoms with Crippen LogP contribution in [0.1, 0.15) is 15.9 Å². The van der Waals surface area contributed by atoms with Crippen molar-refractivity contribution in [3.05, 3.63) is 29.3 Å². The van der Waals surface area contributed by atoms with Crippen LogP contribution >= 0.6 is 0 Å². The summed E-state index contributed by atoms with van der Waals surface area (Å²) in [6.45, 7) is 1.49. The molecule has 80 valence electrons. The molecule has 1 rings (SSSR count). The summed E-state index contributed by atoms with van der Waals surface area (Å²) in [4.78, 5) is 22.0. The van der Waals surface area contributed by atoms with E-state index in [0.29, 0.717) is 5.56 Å². The summed E-state index contributed by atoms with van der Waals surface area (Å²) in [5.41, 5.74) is 6.09. The van der Waals surface area contributed by atoms with Gasteiger partial charge in [-0.2, -0.15) is 0 Å². The Morgan fingerprint density at radius 1 is 1.47 bits per heavy atom. The smallest absolute Gasteiger partial charge is 0.338 e. The number of nitrogens with one attached hydrogen (secondary N) is 1. The van der Waals surface area contributed by atoms with E-state index in [9.17, 15) is 9.59 Å². The molecule has 0 aromatic heterocycles. The van der Waals surface area contributed by atoms with Gasteiger partial charge in [0.25, 0.3) is 0 Å². The van der Waals surface area contributed by atoms with Gasteiger partial charge in [0.1, 0.15) is 0 Å². The van der Waals surface area contributed by atoms with Crippen LogP contribution < -0.4 is 11.1 Å². The van der Waals surface area contributed by atoms with Crippen molar-refractivity contribution in [1.29, 1.82) is 0 Å². The van der Waals surface area contributed by atoms with E-state index in [1.165, 1.54) is 6.07 Å². The molecule has 0 radical (unpaired) electrons. The van der Waals surface area contributed by atoms with E-state index in [-0.39, 0.29) is 17.8 Å². The van der Waals surface area contributed by atoms with Crippen molar-refractivity contribution >= 4 is 17.6 Å². The number of nitrogens with two attached hydrogens (primary N) is 1. The molecule has 0 saturated carbocycles. The van der Waals surface area contributed by atoms with Crippen molar-refractivity contribution in [2.75, 3.05) is 11.9 Å². The van der Waals surface area contributed by atoms with E-state index in [0.717, 1.165) is 0 Å². The van der Waals surface area contributed by atoms with E-state index < -0.39 is 11.9 Å². The molecule has 0 atom stereocenters. The highest BCUT2D eigenvalue weighted by Gasteiger charge is 2.13. The molecule has 0 heterocycles. The molecule has 0 aliphatic heterocycles. The first kappa shape index (κ1) is 11.2. The molecule has 0 saturated heterocycles. The number of hydrogen-bond acceptors (Lipinski definition) is 3. The Hall–Kier alpha value is -1.88. The van der Waals surface area contributed by atoms with Gasteiger partial charge in [-0.3, -0.25) is 4.79 Å². The molecule has 5 nitrogen and oxygen atoms in total. The zero-order chi connectivity index (χ0) is 11.4. The van der Waals surface area contributed by atoms with E-state index >= 15 is 0 Å². The van der Waals surface area contributed by atoms with Crippen LogP contribution in [-0.4, -0.2) is 23.5 Å². The lowest BCUT2D eigenvalue weighted by atomic mass is 10.1. The molecule has 0 bridgehead atoms. The lowest BCUT2D eigenvalue weighted by Crippen LogP contribution is -2.23. The number of carbonyl (C=O) groups excluding carboxylic acids is 1. The highest BCUT2D eigenvalue weighted by atomic mass is 16.4. The Morgan fingerprint density at radius 3 is 2.67 bits per heavy atom. The minimum atomic E-state index is -1.07. The van der Waals surface area contributed by atoms with Crippen molar-refractivity contribution < 1.29 is 14.7 Å². The number of benzene rings is 1. The van der Waals surface area contributed by atoms with E-state index in [4.69, 9.17) is 10.8 Å². The average Bonchev–Trinajstić information content (AvgIpc) is 2.17. The number of anilines is 1. The number of aromatic carboxylic acids is 1. The highest BCUT2D eigenvalue weighted by Crippen LogP contribution is 2.19. The molecule has 0 aliphatic carbocycles. The number of carboxylic acids is 1. The summed E-state index contributed by atoms with van der Waals surface area (Å²) in [5.74, 6) is -1.48. The molecule has 15 heavy (non-hydrogen) atoms. The van der Waals surface area contributed by atoms with Crippen molar-refractivity contribution in [3.63, 3.8) is 0 Å². The molecule has 5 heteroatoms. The number of rotatable bonds is 3. The van der Waals surface area contributed by atoms with Gasteiger partial charge in [0, 0.05) is 0 Å². The van der Waals surface area contributed by atoms with Crippen LogP contribution in [0.2, 0.25) is 0 Å². The number of carboxylic acid groups (broad SMARTS) is 1. The summed E-state index contributed by atoms with van der Waals surface area (Å²) in [6, 6.07) is 4.87. The molecule has 0 aliphatic rings. The van der Waals surface area contributed by atoms with Gasteiger partial charge in [-0.15, -0.1) is 0 Å². The fourth-order valence-electron chi connectivity index (χ4n) is 1.26. The molecule has 1 aromatic rings. The van der Waals surface area contributed by atoms with Gasteiger partial charge in [-0.25, -0.2) is 4.79 Å². The molecular weight excluding hydrogens is 196 g/mol. The van der Waals surface area contributed by atoms with E-state index in [2.05, 4.69) is 5.32 Å². The first-order valence-electron chi connectivity index (χ1n) is 4.39. The third-order valence-electron chi connectivity index (χ3n) is 1.95. The van der Waals surface area contributed by atoms with Crippen LogP contribution in [0.3, 0.4) is 0 Å². The van der Waals surface area contributed by atoms with Gasteiger partial charge in [0.15, 0.2) is 0 Å². The van der Waals surface area contributed by atoms with Crippen LogP contribution in [0.15, 0.2) is 18.2 Å². The maximum atomic E-state index is 11.0. The molecule has 0 spiro atoms. The first-order chi connectivity index (χ1) is 7.06. The molecule has 0 fully saturated rings. The Bertz CT molecular complexity index is 402. The number of aryl methyl sites for hydroxylation is 1. The Morgan fingerprint density at radius 2 is 2.13 bits per heavy atom. The van der Waals surface area contributed by atoms with E-state index in [1.807, 2.05) is 0 Å². The van der Waals surface area contributed by atoms with Crippen LogP contribution in [0, 0.1) is 6.92 Å². The zero-order valence-electron chi connectivity index (χ0n) is 8.28. The highest BCUT2D eigenvalue weighted by molar-refractivity contribution is 6.01. The average molecular weight is 208 g/mol. The largest absolute Gasteiger partial charge is 0.478 e. The summed E-state index contributed by atoms with van der Waals surface area (Å²) < 4.78 is 0. The van der Waals surface area contributed by atoms with Crippen LogP contribution in [0.25, 0.3) is 0 Å². The predicted molar refractivity (Wildman–Crippen MR) is 55.8 cm³/mol. The standard InChI is InChI=1S/C10H12N2O3/c1-6-3-2-4-7(9(6)10(14)15)12-8(13)5-11/h2-4H,5,11H2,1H3,(H,12,13)(H,14,15). The summed E-state index contributed by atoms with van der Waals surface area (Å²) in [7, 11) is 0. The van der Waals surface area contributed by atoms with Crippen LogP contribution in [0.4, 0.5) is 5.69 Å². The lowest BCUT2D eigenvalue weighted by molar-refractivity contribution is -0.114. The quantitative estimate of drug-likeness (QED) is 0.677. The number of amides is 1. The summed E-state index contributed by atoms with van der Waals surface area (Å²) >= 11 is 0. The molecular formula is C10H12N2O3. The van der Waals surface area contributed by atoms with Crippen molar-refractivity contribution in [2.24, 2.45) is 5.73 Å². The van der Waals surface area contributed by atoms with Gasteiger partial charge in [-0.05, 0) is 18.6 Å². The van der Waals surface area contributed by atoms with Gasteiger partial charge in [-0.1, -0.05) is 12.1 Å². The Labute approximate surface area is 86.9 Å². The second-order valence-corrected chi connectivity index (χ2v) is 3.05. The number of carbonyl (C=O) groups is 2. The second kappa shape index (κ2) is 4.56. The van der Waals surface area contributed by atoms with Crippen molar-refractivity contribution in [2.45, 2.75) is 6.92 Å². The Kier molecular flexibility index (Phi) is 3.41. The monoisotopic (exact) mass is 208 g/mol. The third kappa shape index (κ3) is 2.54. The van der Waals surface area contributed by atoms with Crippen molar-refractivity contribution in [3.8, 4) is 0 Å². The Balaban J connectivity index is 3.11. The van der Waals surface area contributed by atoms with Crippen LogP contribution in [0.5, 0.6) is 0 Å². The molecule has 1 aromatic carbocycles. The van der Waals surface area contributed by atoms with E-state index in [1.54, 1.807) is 19.1 Å². The molecule has 4 N–H and O–H groups in total. The summed E-state index contributed by atoms with van der Waals surface area (Å²) in [5, 5.41) is 11.4. The summed E-state index contributed by atoms with van der Waals surface area (Å²) in [6.07, 6.45) is 0. The van der Waals surface area contributed by atoms with Gasteiger partial charge in [0.05, 0.1) is 17.8 Å². The maximum Gasteiger partial charge on any atom is 0.338 e. The van der Waals surface area contributed by atoms with Crippen LogP contribution in [-0.2, 0) is 4.79 Å². The SMILES string of the molecule is Cc1cccc(NC(=O)CN)c1C(=O)O. The second-order valence-electron chi connectivity index (χ2n) is 3.05. The first-order valence-corrected chi connectivity index (χ1v) is 4.39. The number of hydrogen-bond donors (Lipinski definition) is 3. The lowest BCUT2D eigenvalue weighted by Gasteiger charge is -2.09. The topological polar surface area (TPSA) is 92.4 Å². The minimum absolute atomic E-state index is 0.0966. The zero-order valence-corrected chi connectivity index (χ0v) is 8.28. The normalized spacial score (nSPS) is 9.73. The van der Waals surface area contributed by atoms with Gasteiger partial charge < -0.3 is 16.2 Å². The third-order valence-corrected chi connectivity index (χ3v) is 1.95. The van der Waals surface area contributed by atoms with Crippen molar-refractivity contribution in [1.82, 2.24) is 0 Å². The van der Waals surface area contributed by atoms with Gasteiger partial charge >= 0.3 is 5.97 Å². The predicted octanol–water partition coefficient (Wildman–Crippen LogP) is 0.590. The maximum absolute atomic E-state index is 11.0. The fraction of sp³-hybridized carbons (Fsp3) is 0.200.